The quantitative estimate of drug-likeness (QED) is 0.808. The van der Waals surface area contributed by atoms with Gasteiger partial charge in [-0.15, -0.1) is 0 Å². The van der Waals surface area contributed by atoms with Gasteiger partial charge in [0.15, 0.2) is 0 Å². The van der Waals surface area contributed by atoms with Crippen LogP contribution in [0.2, 0.25) is 0 Å². The molecule has 0 aliphatic carbocycles. The molecular formula is C13H28N2O2. The van der Waals surface area contributed by atoms with Gasteiger partial charge in [-0.3, -0.25) is 4.90 Å². The van der Waals surface area contributed by atoms with E-state index in [1.54, 1.807) is 0 Å². The summed E-state index contributed by atoms with van der Waals surface area (Å²) in [6, 6.07) is 0.964. The molecule has 0 saturated heterocycles. The summed E-state index contributed by atoms with van der Waals surface area (Å²) >= 11 is 0. The lowest BCUT2D eigenvalue weighted by molar-refractivity contribution is 0.0515. The molecule has 0 rings (SSSR count). The number of carbonyl (C=O) groups is 1. The molecule has 0 aromatic rings. The molecule has 0 unspecified atom stereocenters. The predicted octanol–water partition coefficient (Wildman–Crippen LogP) is 2.63. The molecule has 4 heteroatoms. The number of nitrogens with one attached hydrogen (secondary N) is 1. The molecule has 1 amide bonds. The lowest BCUT2D eigenvalue weighted by Gasteiger charge is -2.30. The molecule has 0 atom stereocenters. The minimum Gasteiger partial charge on any atom is -0.444 e. The Hall–Kier alpha value is -0.770. The Morgan fingerprint density at radius 2 is 1.65 bits per heavy atom. The van der Waals surface area contributed by atoms with Gasteiger partial charge in [-0.25, -0.2) is 4.79 Å². The lowest BCUT2D eigenvalue weighted by atomic mass is 10.2. The van der Waals surface area contributed by atoms with Crippen molar-refractivity contribution in [2.24, 2.45) is 0 Å². The van der Waals surface area contributed by atoms with Gasteiger partial charge in [0.05, 0.1) is 0 Å². The van der Waals surface area contributed by atoms with E-state index in [-0.39, 0.29) is 6.09 Å². The monoisotopic (exact) mass is 244 g/mol. The number of hydrogen-bond donors (Lipinski definition) is 1. The van der Waals surface area contributed by atoms with Crippen molar-refractivity contribution in [3.05, 3.63) is 0 Å². The molecule has 0 spiro atoms. The first kappa shape index (κ1) is 16.2. The number of ether oxygens (including phenoxy) is 1. The van der Waals surface area contributed by atoms with E-state index in [9.17, 15) is 4.79 Å². The van der Waals surface area contributed by atoms with Crippen LogP contribution in [0.1, 0.15) is 48.5 Å². The normalized spacial score (nSPS) is 12.4. The highest BCUT2D eigenvalue weighted by Crippen LogP contribution is 2.06. The van der Waals surface area contributed by atoms with Crippen LogP contribution in [-0.2, 0) is 4.74 Å². The molecule has 0 aliphatic rings. The summed E-state index contributed by atoms with van der Waals surface area (Å²) in [7, 11) is 0. The van der Waals surface area contributed by atoms with Crippen LogP contribution in [0.15, 0.2) is 0 Å². The summed E-state index contributed by atoms with van der Waals surface area (Å²) in [5.74, 6) is 0. The smallest absolute Gasteiger partial charge is 0.407 e. The first-order valence-corrected chi connectivity index (χ1v) is 6.36. The molecule has 0 aliphatic heterocycles. The fourth-order valence-electron chi connectivity index (χ4n) is 1.71. The standard InChI is InChI=1S/C13H28N2O2/c1-10(2)15(11(3)4)9-8-14-12(16)17-13(5,6)7/h10-11H,8-9H2,1-7H3,(H,14,16). The van der Waals surface area contributed by atoms with Crippen LogP contribution >= 0.6 is 0 Å². The first-order valence-electron chi connectivity index (χ1n) is 6.36. The fraction of sp³-hybridized carbons (Fsp3) is 0.923. The summed E-state index contributed by atoms with van der Waals surface area (Å²) in [5, 5.41) is 2.78. The average Bonchev–Trinajstić information content (AvgIpc) is 2.07. The molecule has 0 heterocycles. The van der Waals surface area contributed by atoms with E-state index in [0.717, 1.165) is 6.54 Å². The van der Waals surface area contributed by atoms with E-state index < -0.39 is 5.60 Å². The van der Waals surface area contributed by atoms with Crippen LogP contribution in [0.5, 0.6) is 0 Å². The second-order valence-electron chi connectivity index (χ2n) is 5.85. The number of hydrogen-bond acceptors (Lipinski definition) is 3. The van der Waals surface area contributed by atoms with Crippen molar-refractivity contribution in [1.29, 1.82) is 0 Å². The van der Waals surface area contributed by atoms with Gasteiger partial charge in [0.1, 0.15) is 5.60 Å². The van der Waals surface area contributed by atoms with Crippen molar-refractivity contribution in [3.63, 3.8) is 0 Å². The highest BCUT2D eigenvalue weighted by atomic mass is 16.6. The summed E-state index contributed by atoms with van der Waals surface area (Å²) in [6.07, 6.45) is -0.343. The van der Waals surface area contributed by atoms with Gasteiger partial charge in [-0.1, -0.05) is 0 Å². The van der Waals surface area contributed by atoms with Crippen molar-refractivity contribution >= 4 is 6.09 Å². The van der Waals surface area contributed by atoms with Crippen LogP contribution in [0.4, 0.5) is 4.79 Å². The number of rotatable bonds is 5. The fourth-order valence-corrected chi connectivity index (χ4v) is 1.71. The van der Waals surface area contributed by atoms with E-state index >= 15 is 0 Å². The topological polar surface area (TPSA) is 41.6 Å². The van der Waals surface area contributed by atoms with Crippen molar-refractivity contribution < 1.29 is 9.53 Å². The molecule has 1 N–H and O–H groups in total. The second kappa shape index (κ2) is 6.84. The van der Waals surface area contributed by atoms with Gasteiger partial charge in [-0.2, -0.15) is 0 Å². The summed E-state index contributed by atoms with van der Waals surface area (Å²) < 4.78 is 5.17. The lowest BCUT2D eigenvalue weighted by Crippen LogP contribution is -2.43. The Morgan fingerprint density at radius 3 is 2.00 bits per heavy atom. The van der Waals surface area contributed by atoms with Crippen LogP contribution in [0.25, 0.3) is 0 Å². The summed E-state index contributed by atoms with van der Waals surface area (Å²) in [5.41, 5.74) is -0.431. The van der Waals surface area contributed by atoms with Gasteiger partial charge < -0.3 is 10.1 Å². The Kier molecular flexibility index (Phi) is 6.53. The third kappa shape index (κ3) is 8.02. The van der Waals surface area contributed by atoms with E-state index in [2.05, 4.69) is 37.9 Å². The molecule has 4 nitrogen and oxygen atoms in total. The van der Waals surface area contributed by atoms with Gasteiger partial charge >= 0.3 is 6.09 Å². The van der Waals surface area contributed by atoms with E-state index in [4.69, 9.17) is 4.74 Å². The molecule has 0 radical (unpaired) electrons. The first-order chi connectivity index (χ1) is 7.63. The predicted molar refractivity (Wildman–Crippen MR) is 71.2 cm³/mol. The Bertz CT molecular complexity index is 224. The molecule has 0 aromatic heterocycles. The molecule has 0 fully saturated rings. The van der Waals surface area contributed by atoms with Crippen molar-refractivity contribution in [1.82, 2.24) is 10.2 Å². The largest absolute Gasteiger partial charge is 0.444 e. The van der Waals surface area contributed by atoms with Crippen molar-refractivity contribution in [2.45, 2.75) is 66.2 Å². The molecule has 102 valence electrons. The van der Waals surface area contributed by atoms with E-state index in [1.807, 2.05) is 20.8 Å². The number of alkyl carbamates (subject to hydrolysis) is 1. The van der Waals surface area contributed by atoms with Gasteiger partial charge in [-0.05, 0) is 48.5 Å². The maximum atomic E-state index is 11.4. The van der Waals surface area contributed by atoms with Crippen LogP contribution < -0.4 is 5.32 Å². The highest BCUT2D eigenvalue weighted by molar-refractivity contribution is 5.67. The second-order valence-corrected chi connectivity index (χ2v) is 5.85. The SMILES string of the molecule is CC(C)N(CCNC(=O)OC(C)(C)C)C(C)C. The molecule has 0 saturated carbocycles. The zero-order chi connectivity index (χ0) is 13.6. The maximum absolute atomic E-state index is 11.4. The molecular weight excluding hydrogens is 216 g/mol. The minimum absolute atomic E-state index is 0.343. The Labute approximate surface area is 106 Å². The zero-order valence-electron chi connectivity index (χ0n) is 12.3. The average molecular weight is 244 g/mol. The van der Waals surface area contributed by atoms with Crippen LogP contribution in [0.3, 0.4) is 0 Å². The Balaban J connectivity index is 3.93. The molecule has 17 heavy (non-hydrogen) atoms. The maximum Gasteiger partial charge on any atom is 0.407 e. The summed E-state index contributed by atoms with van der Waals surface area (Å²) in [4.78, 5) is 13.8. The van der Waals surface area contributed by atoms with Crippen LogP contribution in [-0.4, -0.2) is 41.8 Å². The summed E-state index contributed by atoms with van der Waals surface area (Å²) in [6.45, 7) is 15.7. The van der Waals surface area contributed by atoms with Crippen molar-refractivity contribution in [3.8, 4) is 0 Å². The van der Waals surface area contributed by atoms with Crippen molar-refractivity contribution in [2.75, 3.05) is 13.1 Å². The highest BCUT2D eigenvalue weighted by Gasteiger charge is 2.17. The number of carbonyl (C=O) groups excluding carboxylic acids is 1. The van der Waals surface area contributed by atoms with Gasteiger partial charge in [0, 0.05) is 25.2 Å². The minimum atomic E-state index is -0.431. The van der Waals surface area contributed by atoms with Gasteiger partial charge in [0.25, 0.3) is 0 Å². The number of amides is 1. The van der Waals surface area contributed by atoms with Crippen LogP contribution in [0, 0.1) is 0 Å². The third-order valence-electron chi connectivity index (χ3n) is 2.36. The van der Waals surface area contributed by atoms with E-state index in [1.165, 1.54) is 0 Å². The third-order valence-corrected chi connectivity index (χ3v) is 2.36. The van der Waals surface area contributed by atoms with Gasteiger partial charge in [0.2, 0.25) is 0 Å². The Morgan fingerprint density at radius 1 is 1.18 bits per heavy atom. The zero-order valence-corrected chi connectivity index (χ0v) is 12.3. The molecule has 0 bridgehead atoms. The van der Waals surface area contributed by atoms with E-state index in [0.29, 0.717) is 18.6 Å². The molecule has 0 aromatic carbocycles. The number of nitrogens with zero attached hydrogens (tertiary/aromatic N) is 1.